The van der Waals surface area contributed by atoms with Gasteiger partial charge in [0.15, 0.2) is 0 Å². The Morgan fingerprint density at radius 2 is 2.17 bits per heavy atom. The minimum absolute atomic E-state index is 0.388. The van der Waals surface area contributed by atoms with E-state index in [0.29, 0.717) is 12.0 Å². The van der Waals surface area contributed by atoms with Crippen LogP contribution in [0, 0.1) is 13.8 Å². The van der Waals surface area contributed by atoms with E-state index in [1.165, 1.54) is 11.1 Å². The molecule has 0 bridgehead atoms. The van der Waals surface area contributed by atoms with Gasteiger partial charge < -0.3 is 9.84 Å². The van der Waals surface area contributed by atoms with E-state index in [0.717, 1.165) is 18.0 Å². The summed E-state index contributed by atoms with van der Waals surface area (Å²) < 4.78 is 5.22. The Kier molecular flexibility index (Phi) is 4.19. The van der Waals surface area contributed by atoms with Gasteiger partial charge in [-0.3, -0.25) is 0 Å². The maximum Gasteiger partial charge on any atom is 0.137 e. The van der Waals surface area contributed by atoms with Crippen LogP contribution in [0.25, 0.3) is 0 Å². The third-order valence-corrected chi connectivity index (χ3v) is 4.06. The summed E-state index contributed by atoms with van der Waals surface area (Å²) >= 11 is 1.74. The van der Waals surface area contributed by atoms with Gasteiger partial charge in [0, 0.05) is 18.2 Å². The molecule has 18 heavy (non-hydrogen) atoms. The van der Waals surface area contributed by atoms with Crippen LogP contribution >= 0.6 is 11.3 Å². The molecule has 0 aliphatic heterocycles. The molecule has 0 saturated heterocycles. The maximum absolute atomic E-state index is 5.22. The lowest BCUT2D eigenvalue weighted by Crippen LogP contribution is -2.23. The van der Waals surface area contributed by atoms with Crippen LogP contribution in [0.2, 0.25) is 0 Å². The molecule has 2 aromatic rings. The van der Waals surface area contributed by atoms with Crippen molar-refractivity contribution in [2.24, 2.45) is 0 Å². The first kappa shape index (κ1) is 13.3. The lowest BCUT2D eigenvalue weighted by atomic mass is 9.99. The molecule has 2 atom stereocenters. The molecule has 4 heteroatoms. The molecule has 0 spiro atoms. The zero-order valence-corrected chi connectivity index (χ0v) is 12.2. The lowest BCUT2D eigenvalue weighted by Gasteiger charge is -2.17. The zero-order valence-electron chi connectivity index (χ0n) is 11.4. The SMILES string of the molecule is Cc1noc(C)c1[C@H](C)CN[C@H](C)c1ccsc1. The van der Waals surface area contributed by atoms with Crippen LogP contribution in [-0.4, -0.2) is 11.7 Å². The third kappa shape index (κ3) is 2.82. The van der Waals surface area contributed by atoms with Crippen molar-refractivity contribution in [3.8, 4) is 0 Å². The van der Waals surface area contributed by atoms with Crippen molar-refractivity contribution in [3.63, 3.8) is 0 Å². The quantitative estimate of drug-likeness (QED) is 0.892. The molecular formula is C14H20N2OS. The first-order chi connectivity index (χ1) is 8.59. The smallest absolute Gasteiger partial charge is 0.137 e. The molecule has 0 aromatic carbocycles. The van der Waals surface area contributed by atoms with E-state index < -0.39 is 0 Å². The Morgan fingerprint density at radius 1 is 1.39 bits per heavy atom. The van der Waals surface area contributed by atoms with Gasteiger partial charge in [-0.2, -0.15) is 11.3 Å². The molecular weight excluding hydrogens is 244 g/mol. The number of rotatable bonds is 5. The van der Waals surface area contributed by atoms with Crippen LogP contribution < -0.4 is 5.32 Å². The fourth-order valence-electron chi connectivity index (χ4n) is 2.29. The van der Waals surface area contributed by atoms with E-state index in [1.807, 2.05) is 13.8 Å². The summed E-state index contributed by atoms with van der Waals surface area (Å²) in [4.78, 5) is 0. The lowest BCUT2D eigenvalue weighted by molar-refractivity contribution is 0.391. The number of thiophene rings is 1. The standard InChI is InChI=1S/C14H20N2OS/c1-9(14-11(3)16-17-12(14)4)7-15-10(2)13-5-6-18-8-13/h5-6,8-10,15H,7H2,1-4H3/t9-,10-/m1/s1. The maximum atomic E-state index is 5.22. The second-order valence-corrected chi connectivity index (χ2v) is 5.61. The molecule has 0 fully saturated rings. The van der Waals surface area contributed by atoms with E-state index in [4.69, 9.17) is 4.52 Å². The summed E-state index contributed by atoms with van der Waals surface area (Å²) in [5, 5.41) is 11.9. The van der Waals surface area contributed by atoms with Crippen molar-refractivity contribution in [2.45, 2.75) is 39.7 Å². The molecule has 2 heterocycles. The number of nitrogens with zero attached hydrogens (tertiary/aromatic N) is 1. The summed E-state index contributed by atoms with van der Waals surface area (Å²) in [6.45, 7) is 9.32. The molecule has 98 valence electrons. The zero-order chi connectivity index (χ0) is 13.1. The molecule has 0 aliphatic rings. The molecule has 2 aromatic heterocycles. The third-order valence-electron chi connectivity index (χ3n) is 3.35. The molecule has 0 radical (unpaired) electrons. The topological polar surface area (TPSA) is 38.1 Å². The number of nitrogens with one attached hydrogen (secondary N) is 1. The van der Waals surface area contributed by atoms with Crippen molar-refractivity contribution in [3.05, 3.63) is 39.4 Å². The average molecular weight is 264 g/mol. The number of aryl methyl sites for hydroxylation is 2. The highest BCUT2D eigenvalue weighted by atomic mass is 32.1. The summed E-state index contributed by atoms with van der Waals surface area (Å²) in [6, 6.07) is 2.56. The van der Waals surface area contributed by atoms with Crippen molar-refractivity contribution < 1.29 is 4.52 Å². The van der Waals surface area contributed by atoms with Crippen molar-refractivity contribution in [1.82, 2.24) is 10.5 Å². The van der Waals surface area contributed by atoms with E-state index >= 15 is 0 Å². The first-order valence-electron chi connectivity index (χ1n) is 6.27. The largest absolute Gasteiger partial charge is 0.361 e. The van der Waals surface area contributed by atoms with Gasteiger partial charge in [-0.1, -0.05) is 12.1 Å². The Labute approximate surface area is 112 Å². The van der Waals surface area contributed by atoms with Crippen molar-refractivity contribution >= 4 is 11.3 Å². The summed E-state index contributed by atoms with van der Waals surface area (Å²) in [6.07, 6.45) is 0. The predicted octanol–water partition coefficient (Wildman–Crippen LogP) is 3.81. The highest BCUT2D eigenvalue weighted by Crippen LogP contribution is 2.23. The second-order valence-electron chi connectivity index (χ2n) is 4.83. The van der Waals surface area contributed by atoms with Crippen LogP contribution in [0.15, 0.2) is 21.3 Å². The van der Waals surface area contributed by atoms with E-state index in [2.05, 4.69) is 41.1 Å². The van der Waals surface area contributed by atoms with E-state index in [-0.39, 0.29) is 0 Å². The van der Waals surface area contributed by atoms with Crippen LogP contribution in [0.3, 0.4) is 0 Å². The van der Waals surface area contributed by atoms with E-state index in [9.17, 15) is 0 Å². The minimum atomic E-state index is 0.388. The highest BCUT2D eigenvalue weighted by Gasteiger charge is 2.17. The highest BCUT2D eigenvalue weighted by molar-refractivity contribution is 7.07. The van der Waals surface area contributed by atoms with Crippen molar-refractivity contribution in [1.29, 1.82) is 0 Å². The van der Waals surface area contributed by atoms with Gasteiger partial charge in [-0.25, -0.2) is 0 Å². The minimum Gasteiger partial charge on any atom is -0.361 e. The van der Waals surface area contributed by atoms with Gasteiger partial charge >= 0.3 is 0 Å². The van der Waals surface area contributed by atoms with Crippen LogP contribution in [0.1, 0.15) is 48.4 Å². The van der Waals surface area contributed by atoms with E-state index in [1.54, 1.807) is 11.3 Å². The fraction of sp³-hybridized carbons (Fsp3) is 0.500. The Balaban J connectivity index is 1.95. The molecule has 0 aliphatic carbocycles. The van der Waals surface area contributed by atoms with Gasteiger partial charge in [0.2, 0.25) is 0 Å². The second kappa shape index (κ2) is 5.67. The van der Waals surface area contributed by atoms with Crippen LogP contribution in [0.5, 0.6) is 0 Å². The molecule has 2 rings (SSSR count). The van der Waals surface area contributed by atoms with Gasteiger partial charge in [0.1, 0.15) is 5.76 Å². The molecule has 0 amide bonds. The van der Waals surface area contributed by atoms with Gasteiger partial charge in [-0.15, -0.1) is 0 Å². The normalized spacial score (nSPS) is 14.7. The van der Waals surface area contributed by atoms with Gasteiger partial charge in [0.25, 0.3) is 0 Å². The molecule has 0 saturated carbocycles. The van der Waals surface area contributed by atoms with Gasteiger partial charge in [-0.05, 0) is 49.1 Å². The average Bonchev–Trinajstić information content (AvgIpc) is 2.96. The molecule has 3 nitrogen and oxygen atoms in total. The summed E-state index contributed by atoms with van der Waals surface area (Å²) in [5.41, 5.74) is 3.59. The number of aromatic nitrogens is 1. The Bertz CT molecular complexity index is 470. The fourth-order valence-corrected chi connectivity index (χ4v) is 3.04. The Hall–Kier alpha value is -1.13. The first-order valence-corrected chi connectivity index (χ1v) is 7.22. The number of hydrogen-bond donors (Lipinski definition) is 1. The van der Waals surface area contributed by atoms with Crippen LogP contribution in [0.4, 0.5) is 0 Å². The van der Waals surface area contributed by atoms with Crippen LogP contribution in [-0.2, 0) is 0 Å². The number of hydrogen-bond acceptors (Lipinski definition) is 4. The predicted molar refractivity (Wildman–Crippen MR) is 75.1 cm³/mol. The summed E-state index contributed by atoms with van der Waals surface area (Å²) in [5.74, 6) is 1.35. The summed E-state index contributed by atoms with van der Waals surface area (Å²) in [7, 11) is 0. The Morgan fingerprint density at radius 3 is 2.72 bits per heavy atom. The van der Waals surface area contributed by atoms with Crippen molar-refractivity contribution in [2.75, 3.05) is 6.54 Å². The molecule has 1 N–H and O–H groups in total. The monoisotopic (exact) mass is 264 g/mol. The van der Waals surface area contributed by atoms with Gasteiger partial charge in [0.05, 0.1) is 5.69 Å². The molecule has 0 unspecified atom stereocenters.